The molecule has 0 aliphatic heterocycles. The summed E-state index contributed by atoms with van der Waals surface area (Å²) in [5.74, 6) is 0.0779. The zero-order valence-electron chi connectivity index (χ0n) is 27.1. The lowest BCUT2D eigenvalue weighted by Gasteiger charge is -2.12. The van der Waals surface area contributed by atoms with Crippen LogP contribution in [0.15, 0.2) is 0 Å². The molecule has 0 aromatic rings. The maximum atomic E-state index is 12.2. The lowest BCUT2D eigenvalue weighted by atomic mass is 10.0. The van der Waals surface area contributed by atoms with Gasteiger partial charge in [-0.25, -0.2) is 0 Å². The molecule has 8 heteroatoms. The lowest BCUT2D eigenvalue weighted by Crippen LogP contribution is -2.41. The van der Waals surface area contributed by atoms with Gasteiger partial charge in [-0.2, -0.15) is 0 Å². The highest BCUT2D eigenvalue weighted by molar-refractivity contribution is 5.81. The highest BCUT2D eigenvalue weighted by Crippen LogP contribution is 2.13. The van der Waals surface area contributed by atoms with Gasteiger partial charge in [0.1, 0.15) is 0 Å². The van der Waals surface area contributed by atoms with E-state index in [-0.39, 0.29) is 11.8 Å². The van der Waals surface area contributed by atoms with Crippen LogP contribution in [0.2, 0.25) is 0 Å². The Balaban J connectivity index is 3.38. The van der Waals surface area contributed by atoms with Crippen LogP contribution in [-0.4, -0.2) is 63.7 Å². The van der Waals surface area contributed by atoms with Gasteiger partial charge in [-0.3, -0.25) is 9.59 Å². The van der Waals surface area contributed by atoms with E-state index < -0.39 is 6.04 Å². The maximum absolute atomic E-state index is 12.2. The van der Waals surface area contributed by atoms with Gasteiger partial charge in [-0.05, 0) is 84.1 Å². The van der Waals surface area contributed by atoms with Crippen molar-refractivity contribution in [3.8, 4) is 0 Å². The molecule has 0 spiro atoms. The van der Waals surface area contributed by atoms with Crippen molar-refractivity contribution in [2.75, 3.05) is 45.8 Å². The van der Waals surface area contributed by atoms with Crippen molar-refractivity contribution in [2.24, 2.45) is 11.5 Å². The Labute approximate surface area is 254 Å². The number of rotatable bonds is 33. The fourth-order valence-corrected chi connectivity index (χ4v) is 4.95. The largest absolute Gasteiger partial charge is 0.356 e. The Kier molecular flexibility index (Phi) is 32.3. The summed E-state index contributed by atoms with van der Waals surface area (Å²) in [4.78, 5) is 24.2. The molecule has 0 unspecified atom stereocenters. The third kappa shape index (κ3) is 31.5. The minimum absolute atomic E-state index is 0.0737. The second-order valence-electron chi connectivity index (χ2n) is 11.8. The van der Waals surface area contributed by atoms with Crippen molar-refractivity contribution in [3.05, 3.63) is 0 Å². The Morgan fingerprint density at radius 1 is 0.537 bits per heavy atom. The summed E-state index contributed by atoms with van der Waals surface area (Å²) in [5.41, 5.74) is 11.5. The maximum Gasteiger partial charge on any atom is 0.236 e. The van der Waals surface area contributed by atoms with Crippen LogP contribution in [0.25, 0.3) is 0 Å². The highest BCUT2D eigenvalue weighted by atomic mass is 16.2. The fraction of sp³-hybridized carbons (Fsp3) is 0.939. The molecular formula is C33H70N6O2. The van der Waals surface area contributed by atoms with Crippen LogP contribution in [0, 0.1) is 0 Å². The molecule has 0 aromatic carbocycles. The van der Waals surface area contributed by atoms with E-state index in [0.29, 0.717) is 25.9 Å². The van der Waals surface area contributed by atoms with Crippen molar-refractivity contribution in [2.45, 2.75) is 154 Å². The van der Waals surface area contributed by atoms with Gasteiger partial charge in [0.05, 0.1) is 6.04 Å². The molecule has 8 nitrogen and oxygen atoms in total. The van der Waals surface area contributed by atoms with E-state index in [9.17, 15) is 9.59 Å². The average Bonchev–Trinajstić information content (AvgIpc) is 2.97. The van der Waals surface area contributed by atoms with Crippen LogP contribution < -0.4 is 32.7 Å². The van der Waals surface area contributed by atoms with Crippen molar-refractivity contribution < 1.29 is 9.59 Å². The van der Waals surface area contributed by atoms with Gasteiger partial charge >= 0.3 is 0 Å². The molecule has 0 aliphatic rings. The molecule has 0 saturated heterocycles. The van der Waals surface area contributed by atoms with E-state index in [2.05, 4.69) is 28.2 Å². The van der Waals surface area contributed by atoms with Crippen LogP contribution in [0.1, 0.15) is 148 Å². The fourth-order valence-electron chi connectivity index (χ4n) is 4.95. The number of nitrogens with two attached hydrogens (primary N) is 2. The summed E-state index contributed by atoms with van der Waals surface area (Å²) in [6.07, 6.45) is 25.8. The van der Waals surface area contributed by atoms with Gasteiger partial charge < -0.3 is 32.7 Å². The molecule has 0 fully saturated rings. The van der Waals surface area contributed by atoms with Gasteiger partial charge in [0.15, 0.2) is 0 Å². The SMILES string of the molecule is CCCCCCCCCCCCCCCCC(=O)NCCCC[C@@H](N)C(=O)NCCCNCCCCNCCCN. The Bertz CT molecular complexity index is 564. The Morgan fingerprint density at radius 3 is 1.56 bits per heavy atom. The number of carbonyl (C=O) groups is 2. The molecule has 0 aliphatic carbocycles. The molecule has 0 saturated carbocycles. The quantitative estimate of drug-likeness (QED) is 0.0583. The zero-order valence-corrected chi connectivity index (χ0v) is 27.1. The molecule has 0 rings (SSSR count). The van der Waals surface area contributed by atoms with E-state index in [0.717, 1.165) is 84.1 Å². The van der Waals surface area contributed by atoms with Crippen LogP contribution in [0.4, 0.5) is 0 Å². The monoisotopic (exact) mass is 583 g/mol. The Morgan fingerprint density at radius 2 is 1.00 bits per heavy atom. The van der Waals surface area contributed by atoms with E-state index >= 15 is 0 Å². The van der Waals surface area contributed by atoms with Crippen LogP contribution in [0.5, 0.6) is 0 Å². The number of carbonyl (C=O) groups excluding carboxylic acids is 2. The highest BCUT2D eigenvalue weighted by Gasteiger charge is 2.12. The third-order valence-corrected chi connectivity index (χ3v) is 7.70. The minimum Gasteiger partial charge on any atom is -0.356 e. The molecule has 244 valence electrons. The number of unbranched alkanes of at least 4 members (excludes halogenated alkanes) is 15. The van der Waals surface area contributed by atoms with Crippen molar-refractivity contribution in [3.63, 3.8) is 0 Å². The molecule has 1 atom stereocenters. The summed E-state index contributed by atoms with van der Waals surface area (Å²) < 4.78 is 0. The first-order chi connectivity index (χ1) is 20.1. The van der Waals surface area contributed by atoms with Crippen molar-refractivity contribution >= 4 is 11.8 Å². The number of nitrogens with one attached hydrogen (secondary N) is 4. The lowest BCUT2D eigenvalue weighted by molar-refractivity contribution is -0.123. The first-order valence-corrected chi connectivity index (χ1v) is 17.5. The first kappa shape index (κ1) is 39.8. The normalized spacial score (nSPS) is 12.0. The van der Waals surface area contributed by atoms with E-state index in [1.165, 1.54) is 77.0 Å². The Hall–Kier alpha value is -1.22. The van der Waals surface area contributed by atoms with Crippen LogP contribution in [0.3, 0.4) is 0 Å². The molecule has 0 bridgehead atoms. The van der Waals surface area contributed by atoms with Crippen molar-refractivity contribution in [1.82, 2.24) is 21.3 Å². The molecule has 41 heavy (non-hydrogen) atoms. The summed E-state index contributed by atoms with van der Waals surface area (Å²) in [5, 5.41) is 12.8. The summed E-state index contributed by atoms with van der Waals surface area (Å²) >= 11 is 0. The second-order valence-corrected chi connectivity index (χ2v) is 11.8. The third-order valence-electron chi connectivity index (χ3n) is 7.70. The van der Waals surface area contributed by atoms with Crippen molar-refractivity contribution in [1.29, 1.82) is 0 Å². The molecule has 8 N–H and O–H groups in total. The second kappa shape index (κ2) is 33.3. The van der Waals surface area contributed by atoms with Crippen LogP contribution >= 0.6 is 0 Å². The van der Waals surface area contributed by atoms with Gasteiger partial charge in [-0.15, -0.1) is 0 Å². The van der Waals surface area contributed by atoms with Gasteiger partial charge in [0.25, 0.3) is 0 Å². The van der Waals surface area contributed by atoms with Gasteiger partial charge in [0, 0.05) is 19.5 Å². The minimum atomic E-state index is -0.471. The van der Waals surface area contributed by atoms with Gasteiger partial charge in [0.2, 0.25) is 11.8 Å². The predicted octanol–water partition coefficient (Wildman–Crippen LogP) is 5.29. The molecule has 0 heterocycles. The standard InChI is InChI=1S/C33H70N6O2/c1-2-3-4-5-6-7-8-9-10-11-12-13-14-15-23-32(40)38-29-17-16-22-31(35)33(41)39-30-21-28-37-26-19-18-25-36-27-20-24-34/h31,36-37H,2-30,34-35H2,1H3,(H,38,40)(H,39,41)/t31-/m1/s1. The summed E-state index contributed by atoms with van der Waals surface area (Å²) in [7, 11) is 0. The molecule has 2 amide bonds. The summed E-state index contributed by atoms with van der Waals surface area (Å²) in [6, 6.07) is -0.471. The van der Waals surface area contributed by atoms with E-state index in [1.54, 1.807) is 0 Å². The number of amides is 2. The average molecular weight is 583 g/mol. The van der Waals surface area contributed by atoms with Crippen LogP contribution in [-0.2, 0) is 9.59 Å². The van der Waals surface area contributed by atoms with E-state index in [4.69, 9.17) is 11.5 Å². The first-order valence-electron chi connectivity index (χ1n) is 17.5. The molecule has 0 aromatic heterocycles. The molecular weight excluding hydrogens is 512 g/mol. The topological polar surface area (TPSA) is 134 Å². The number of hydrogen-bond donors (Lipinski definition) is 6. The number of hydrogen-bond acceptors (Lipinski definition) is 6. The summed E-state index contributed by atoms with van der Waals surface area (Å²) in [6.45, 7) is 8.28. The smallest absolute Gasteiger partial charge is 0.236 e. The van der Waals surface area contributed by atoms with Gasteiger partial charge in [-0.1, -0.05) is 90.4 Å². The predicted molar refractivity (Wildman–Crippen MR) is 176 cm³/mol. The molecule has 0 radical (unpaired) electrons. The zero-order chi connectivity index (χ0) is 30.1. The van der Waals surface area contributed by atoms with E-state index in [1.807, 2.05) is 0 Å².